The van der Waals surface area contributed by atoms with E-state index >= 15 is 0 Å². The number of aromatic nitrogens is 7. The zero-order chi connectivity index (χ0) is 40.0. The molecule has 0 saturated carbocycles. The Kier molecular flexibility index (Phi) is 13.6. The standard InChI is InChI=1S/C32H37ClF6N10O5/c1-17(2)24(40)29(52)43-13-5-3-4-8-23(50)54-21(32(37,38)39)15-47-26(18-9-11-19(33)12-10-18)46-48(30(47)53)16-22-44-28(25(41)51)49(45-22)27-20(31(34,35)36)7-6-14-42-27/h6-7,9-12,14,17,21,24-25,51H,3-5,8,13,15-16,40-41H2,1-2H3,(H,43,52)/t21-,24-,25?/m0/s1. The summed E-state index contributed by atoms with van der Waals surface area (Å²) in [5.41, 5.74) is 9.03. The summed E-state index contributed by atoms with van der Waals surface area (Å²) in [6, 6.07) is 6.55. The molecular weight excluding hydrogens is 754 g/mol. The number of halogens is 7. The van der Waals surface area contributed by atoms with Crippen LogP contribution in [-0.4, -0.2) is 75.9 Å². The van der Waals surface area contributed by atoms with Crippen LogP contribution < -0.4 is 22.5 Å². The molecule has 4 aromatic rings. The van der Waals surface area contributed by atoms with Crippen LogP contribution in [0.4, 0.5) is 26.3 Å². The summed E-state index contributed by atoms with van der Waals surface area (Å²) in [5.74, 6) is -3.73. The fraction of sp³-hybridized carbons (Fsp3) is 0.469. The predicted octanol–water partition coefficient (Wildman–Crippen LogP) is 3.49. The SMILES string of the molecule is CC(C)[C@H](N)C(=O)NCCCCCC(=O)O[C@@H](Cn1c(-c2ccc(Cl)cc2)nn(Cc2nc(C(N)O)n(-c3ncccc3C(F)(F)F)n2)c1=O)C(F)(F)F. The quantitative estimate of drug-likeness (QED) is 0.0559. The number of hydrogen-bond acceptors (Lipinski definition) is 11. The van der Waals surface area contributed by atoms with Crippen LogP contribution in [0.1, 0.15) is 63.0 Å². The molecule has 54 heavy (non-hydrogen) atoms. The third-order valence-corrected chi connectivity index (χ3v) is 8.17. The maximum absolute atomic E-state index is 14.3. The van der Waals surface area contributed by atoms with Crippen molar-refractivity contribution >= 4 is 23.5 Å². The van der Waals surface area contributed by atoms with Gasteiger partial charge in [0, 0.05) is 29.7 Å². The summed E-state index contributed by atoms with van der Waals surface area (Å²) >= 11 is 5.97. The van der Waals surface area contributed by atoms with E-state index in [2.05, 4.69) is 25.5 Å². The molecule has 3 atom stereocenters. The molecule has 15 nitrogen and oxygen atoms in total. The average molecular weight is 791 g/mol. The van der Waals surface area contributed by atoms with Crippen molar-refractivity contribution in [2.75, 3.05) is 6.54 Å². The molecule has 0 aliphatic heterocycles. The van der Waals surface area contributed by atoms with Crippen LogP contribution in [0.25, 0.3) is 17.2 Å². The molecule has 1 amide bonds. The number of carbonyl (C=O) groups excluding carboxylic acids is 2. The number of hydrogen-bond donors (Lipinski definition) is 4. The van der Waals surface area contributed by atoms with Crippen molar-refractivity contribution in [3.8, 4) is 17.2 Å². The number of benzene rings is 1. The lowest BCUT2D eigenvalue weighted by Crippen LogP contribution is -2.44. The molecule has 4 rings (SSSR count). The molecule has 0 spiro atoms. The normalized spacial score (nSPS) is 13.9. The zero-order valence-corrected chi connectivity index (χ0v) is 29.6. The van der Waals surface area contributed by atoms with Gasteiger partial charge in [0.1, 0.15) is 12.1 Å². The van der Waals surface area contributed by atoms with Gasteiger partial charge in [-0.05, 0) is 55.2 Å². The third-order valence-electron chi connectivity index (χ3n) is 7.91. The van der Waals surface area contributed by atoms with Gasteiger partial charge in [-0.25, -0.2) is 19.4 Å². The molecule has 0 fully saturated rings. The van der Waals surface area contributed by atoms with Crippen LogP contribution >= 0.6 is 11.6 Å². The molecule has 1 unspecified atom stereocenters. The molecule has 0 saturated heterocycles. The van der Waals surface area contributed by atoms with Gasteiger partial charge in [-0.2, -0.15) is 31.0 Å². The van der Waals surface area contributed by atoms with Gasteiger partial charge in [-0.15, -0.1) is 10.2 Å². The van der Waals surface area contributed by atoms with Gasteiger partial charge in [0.25, 0.3) is 0 Å². The predicted molar refractivity (Wildman–Crippen MR) is 180 cm³/mol. The molecule has 294 valence electrons. The number of alkyl halides is 6. The summed E-state index contributed by atoms with van der Waals surface area (Å²) in [4.78, 5) is 45.8. The fourth-order valence-electron chi connectivity index (χ4n) is 5.02. The van der Waals surface area contributed by atoms with E-state index in [1.807, 2.05) is 0 Å². The van der Waals surface area contributed by atoms with E-state index in [-0.39, 0.29) is 47.6 Å². The van der Waals surface area contributed by atoms with E-state index in [0.29, 0.717) is 32.8 Å². The van der Waals surface area contributed by atoms with Crippen molar-refractivity contribution in [3.63, 3.8) is 0 Å². The van der Waals surface area contributed by atoms with E-state index in [1.54, 1.807) is 13.8 Å². The van der Waals surface area contributed by atoms with E-state index in [0.717, 1.165) is 12.3 Å². The van der Waals surface area contributed by atoms with Crippen molar-refractivity contribution in [1.82, 2.24) is 39.4 Å². The summed E-state index contributed by atoms with van der Waals surface area (Å²) in [7, 11) is 0. The molecule has 0 aliphatic rings. The molecular formula is C32H37ClF6N10O5. The van der Waals surface area contributed by atoms with Gasteiger partial charge in [0.15, 0.2) is 29.5 Å². The van der Waals surface area contributed by atoms with Crippen LogP contribution in [0, 0.1) is 5.92 Å². The van der Waals surface area contributed by atoms with Gasteiger partial charge in [-0.1, -0.05) is 31.9 Å². The summed E-state index contributed by atoms with van der Waals surface area (Å²) < 4.78 is 90.7. The maximum atomic E-state index is 14.3. The zero-order valence-electron chi connectivity index (χ0n) is 28.8. The average Bonchev–Trinajstić information content (AvgIpc) is 3.66. The molecule has 3 heterocycles. The van der Waals surface area contributed by atoms with Crippen molar-refractivity contribution < 1.29 is 45.8 Å². The number of aliphatic hydroxyl groups excluding tert-OH is 1. The molecule has 0 aliphatic carbocycles. The van der Waals surface area contributed by atoms with Crippen LogP contribution in [-0.2, 0) is 33.6 Å². The molecule has 1 aromatic carbocycles. The summed E-state index contributed by atoms with van der Waals surface area (Å²) in [6.45, 7) is 1.88. The number of carbonyl (C=O) groups is 2. The van der Waals surface area contributed by atoms with Gasteiger partial charge in [0.2, 0.25) is 12.0 Å². The Hall–Kier alpha value is -4.86. The first-order valence-electron chi connectivity index (χ1n) is 16.4. The summed E-state index contributed by atoms with van der Waals surface area (Å²) in [6.07, 6.45) is -13.2. The topological polar surface area (TPSA) is 211 Å². The first-order chi connectivity index (χ1) is 25.3. The largest absolute Gasteiger partial charge is 0.451 e. The van der Waals surface area contributed by atoms with Crippen LogP contribution in [0.2, 0.25) is 5.02 Å². The Labute approximate surface area is 308 Å². The lowest BCUT2D eigenvalue weighted by Gasteiger charge is -2.21. The molecule has 0 radical (unpaired) electrons. The van der Waals surface area contributed by atoms with E-state index in [9.17, 15) is 45.8 Å². The Morgan fingerprint density at radius 1 is 1.02 bits per heavy atom. The second kappa shape index (κ2) is 17.5. The minimum atomic E-state index is -5.14. The lowest BCUT2D eigenvalue weighted by atomic mass is 10.1. The Morgan fingerprint density at radius 2 is 1.70 bits per heavy atom. The highest BCUT2D eigenvalue weighted by atomic mass is 35.5. The first kappa shape index (κ1) is 41.9. The minimum Gasteiger partial charge on any atom is -0.451 e. The van der Waals surface area contributed by atoms with Gasteiger partial charge in [-0.3, -0.25) is 19.9 Å². The second-order valence-electron chi connectivity index (χ2n) is 12.4. The number of nitrogens with zero attached hydrogens (tertiary/aromatic N) is 7. The van der Waals surface area contributed by atoms with E-state index in [1.165, 1.54) is 24.3 Å². The minimum absolute atomic E-state index is 0.0775. The maximum Gasteiger partial charge on any atom is 0.427 e. The number of nitrogens with two attached hydrogens (primary N) is 2. The van der Waals surface area contributed by atoms with Crippen LogP contribution in [0.5, 0.6) is 0 Å². The number of nitrogens with one attached hydrogen (secondary N) is 1. The number of ether oxygens (including phenoxy) is 1. The van der Waals surface area contributed by atoms with Gasteiger partial charge < -0.3 is 20.9 Å². The molecule has 22 heteroatoms. The van der Waals surface area contributed by atoms with Crippen LogP contribution in [0.15, 0.2) is 47.4 Å². The highest BCUT2D eigenvalue weighted by Gasteiger charge is 2.44. The van der Waals surface area contributed by atoms with Gasteiger partial charge in [0.05, 0.1) is 12.6 Å². The van der Waals surface area contributed by atoms with Crippen molar-refractivity contribution in [3.05, 3.63) is 75.3 Å². The monoisotopic (exact) mass is 790 g/mol. The smallest absolute Gasteiger partial charge is 0.427 e. The first-order valence-corrected chi connectivity index (χ1v) is 16.8. The Balaban J connectivity index is 1.58. The number of amides is 1. The number of esters is 1. The van der Waals surface area contributed by atoms with E-state index in [4.69, 9.17) is 27.8 Å². The van der Waals surface area contributed by atoms with Crippen molar-refractivity contribution in [2.45, 2.75) is 83.3 Å². The fourth-order valence-corrected chi connectivity index (χ4v) is 5.15. The molecule has 0 bridgehead atoms. The van der Waals surface area contributed by atoms with Crippen LogP contribution in [0.3, 0.4) is 0 Å². The van der Waals surface area contributed by atoms with Crippen molar-refractivity contribution in [1.29, 1.82) is 0 Å². The highest BCUT2D eigenvalue weighted by Crippen LogP contribution is 2.33. The number of aliphatic hydroxyl groups is 1. The van der Waals surface area contributed by atoms with E-state index < -0.39 is 78.5 Å². The van der Waals surface area contributed by atoms with Gasteiger partial charge >= 0.3 is 24.0 Å². The van der Waals surface area contributed by atoms with Crippen molar-refractivity contribution in [2.24, 2.45) is 17.4 Å². The highest BCUT2D eigenvalue weighted by molar-refractivity contribution is 6.30. The third kappa shape index (κ3) is 10.6. The second-order valence-corrected chi connectivity index (χ2v) is 12.8. The molecule has 3 aromatic heterocycles. The Morgan fingerprint density at radius 3 is 2.31 bits per heavy atom. The number of unbranched alkanes of at least 4 members (excludes halogenated alkanes) is 2. The number of rotatable bonds is 16. The Bertz CT molecular complexity index is 1960. The molecule has 6 N–H and O–H groups in total. The summed E-state index contributed by atoms with van der Waals surface area (Å²) in [5, 5.41) is 21.1. The number of pyridine rings is 1. The lowest BCUT2D eigenvalue weighted by molar-refractivity contribution is -0.224.